The summed E-state index contributed by atoms with van der Waals surface area (Å²) in [7, 11) is 0. The van der Waals surface area contributed by atoms with Gasteiger partial charge in [-0.05, 0) is 57.1 Å². The zero-order chi connectivity index (χ0) is 14.8. The number of halogens is 1. The lowest BCUT2D eigenvalue weighted by Gasteiger charge is -2.33. The van der Waals surface area contributed by atoms with Crippen molar-refractivity contribution in [3.05, 3.63) is 29.0 Å². The molecule has 0 aliphatic carbocycles. The summed E-state index contributed by atoms with van der Waals surface area (Å²) in [4.78, 5) is 8.24. The first-order valence-electron chi connectivity index (χ1n) is 7.61. The second-order valence-electron chi connectivity index (χ2n) is 5.97. The summed E-state index contributed by atoms with van der Waals surface area (Å²) in [5.41, 5.74) is 7.07. The lowest BCUT2D eigenvalue weighted by Crippen LogP contribution is -2.39. The Kier molecular flexibility index (Phi) is 6.03. The monoisotopic (exact) mass is 341 g/mol. The van der Waals surface area contributed by atoms with E-state index in [4.69, 9.17) is 10.2 Å². The van der Waals surface area contributed by atoms with E-state index in [0.29, 0.717) is 12.0 Å². The van der Waals surface area contributed by atoms with E-state index in [-0.39, 0.29) is 12.4 Å². The number of hydrogen-bond donors (Lipinski definition) is 1. The highest BCUT2D eigenvalue weighted by Gasteiger charge is 2.23. The van der Waals surface area contributed by atoms with Gasteiger partial charge in [-0.2, -0.15) is 0 Å². The number of piperidine rings is 1. The van der Waals surface area contributed by atoms with Crippen LogP contribution in [0.5, 0.6) is 0 Å². The highest BCUT2D eigenvalue weighted by atomic mass is 35.5. The predicted octanol–water partition coefficient (Wildman–Crippen LogP) is 3.69. The predicted molar refractivity (Wildman–Crippen MR) is 93.5 cm³/mol. The van der Waals surface area contributed by atoms with Crippen LogP contribution in [-0.4, -0.2) is 29.0 Å². The van der Waals surface area contributed by atoms with E-state index in [2.05, 4.69) is 16.8 Å². The lowest BCUT2D eigenvalue weighted by atomic mass is 9.91. The molecule has 0 radical (unpaired) electrons. The second kappa shape index (κ2) is 7.59. The average Bonchev–Trinajstić information content (AvgIpc) is 3.10. The SMILES string of the molecule is Cc1oc(-c2cccs2)nc1CN1CCC(C(C)N)CC1.Cl. The molecule has 2 aromatic heterocycles. The van der Waals surface area contributed by atoms with Crippen molar-refractivity contribution in [1.82, 2.24) is 9.88 Å². The number of aromatic nitrogens is 1. The van der Waals surface area contributed by atoms with Crippen molar-refractivity contribution < 1.29 is 4.42 Å². The summed E-state index contributed by atoms with van der Waals surface area (Å²) >= 11 is 1.66. The van der Waals surface area contributed by atoms with Crippen molar-refractivity contribution >= 4 is 23.7 Å². The van der Waals surface area contributed by atoms with Crippen molar-refractivity contribution in [2.75, 3.05) is 13.1 Å². The summed E-state index contributed by atoms with van der Waals surface area (Å²) in [6.07, 6.45) is 2.37. The number of likely N-dealkylation sites (tertiary alicyclic amines) is 1. The molecule has 3 heterocycles. The zero-order valence-corrected chi connectivity index (χ0v) is 14.8. The molecule has 3 rings (SSSR count). The number of thiophene rings is 1. The average molecular weight is 342 g/mol. The fourth-order valence-electron chi connectivity index (χ4n) is 2.93. The minimum Gasteiger partial charge on any atom is -0.440 e. The highest BCUT2D eigenvalue weighted by molar-refractivity contribution is 7.13. The molecule has 0 bridgehead atoms. The first-order valence-corrected chi connectivity index (χ1v) is 8.49. The van der Waals surface area contributed by atoms with Gasteiger partial charge in [-0.15, -0.1) is 23.7 Å². The van der Waals surface area contributed by atoms with Gasteiger partial charge in [0, 0.05) is 12.6 Å². The van der Waals surface area contributed by atoms with E-state index in [9.17, 15) is 0 Å². The summed E-state index contributed by atoms with van der Waals surface area (Å²) < 4.78 is 5.81. The Balaban J connectivity index is 0.00000176. The fourth-order valence-corrected chi connectivity index (χ4v) is 3.58. The van der Waals surface area contributed by atoms with Crippen LogP contribution in [0.15, 0.2) is 21.9 Å². The molecule has 1 unspecified atom stereocenters. The molecule has 0 spiro atoms. The molecular weight excluding hydrogens is 318 g/mol. The van der Waals surface area contributed by atoms with Gasteiger partial charge in [0.15, 0.2) is 0 Å². The highest BCUT2D eigenvalue weighted by Crippen LogP contribution is 2.27. The fraction of sp³-hybridized carbons (Fsp3) is 0.562. The molecule has 4 nitrogen and oxygen atoms in total. The van der Waals surface area contributed by atoms with E-state index in [1.807, 2.05) is 24.4 Å². The smallest absolute Gasteiger partial charge is 0.236 e. The van der Waals surface area contributed by atoms with Crippen LogP contribution in [0.1, 0.15) is 31.2 Å². The van der Waals surface area contributed by atoms with E-state index in [1.54, 1.807) is 11.3 Å². The number of nitrogens with zero attached hydrogens (tertiary/aromatic N) is 2. The van der Waals surface area contributed by atoms with E-state index in [0.717, 1.165) is 41.9 Å². The molecule has 0 amide bonds. The van der Waals surface area contributed by atoms with Crippen molar-refractivity contribution in [2.45, 2.75) is 39.3 Å². The summed E-state index contributed by atoms with van der Waals surface area (Å²) in [6.45, 7) is 7.22. The molecule has 1 aliphatic heterocycles. The maximum atomic E-state index is 6.00. The van der Waals surface area contributed by atoms with Crippen LogP contribution in [0.4, 0.5) is 0 Å². The topological polar surface area (TPSA) is 55.3 Å². The van der Waals surface area contributed by atoms with E-state index in [1.165, 1.54) is 12.8 Å². The minimum atomic E-state index is 0. The largest absolute Gasteiger partial charge is 0.440 e. The second-order valence-corrected chi connectivity index (χ2v) is 6.92. The summed E-state index contributed by atoms with van der Waals surface area (Å²) in [6, 6.07) is 4.39. The normalized spacial score (nSPS) is 18.1. The van der Waals surface area contributed by atoms with Crippen molar-refractivity contribution in [3.63, 3.8) is 0 Å². The van der Waals surface area contributed by atoms with Crippen LogP contribution < -0.4 is 5.73 Å². The Morgan fingerprint density at radius 1 is 1.45 bits per heavy atom. The standard InChI is InChI=1S/C16H23N3OS.ClH/c1-11(17)13-5-7-19(8-6-13)10-14-12(2)20-16(18-14)15-4-3-9-21-15;/h3-4,9,11,13H,5-8,10,17H2,1-2H3;1H. The quantitative estimate of drug-likeness (QED) is 0.921. The number of nitrogens with two attached hydrogens (primary N) is 1. The molecule has 1 saturated heterocycles. The maximum absolute atomic E-state index is 6.00. The van der Waals surface area contributed by atoms with Crippen molar-refractivity contribution in [1.29, 1.82) is 0 Å². The molecule has 0 saturated carbocycles. The Morgan fingerprint density at radius 3 is 2.77 bits per heavy atom. The lowest BCUT2D eigenvalue weighted by molar-refractivity contribution is 0.164. The third-order valence-corrected chi connectivity index (χ3v) is 5.23. The molecule has 0 aromatic carbocycles. The molecule has 1 aliphatic rings. The van der Waals surface area contributed by atoms with Crippen molar-refractivity contribution in [3.8, 4) is 10.8 Å². The van der Waals surface area contributed by atoms with E-state index >= 15 is 0 Å². The molecule has 1 fully saturated rings. The number of aryl methyl sites for hydroxylation is 1. The number of hydrogen-bond acceptors (Lipinski definition) is 5. The van der Waals surface area contributed by atoms with Crippen LogP contribution in [-0.2, 0) is 6.54 Å². The molecule has 1 atom stereocenters. The van der Waals surface area contributed by atoms with Gasteiger partial charge in [0.05, 0.1) is 10.6 Å². The molecule has 122 valence electrons. The van der Waals surface area contributed by atoms with Gasteiger partial charge in [-0.25, -0.2) is 4.98 Å². The van der Waals surface area contributed by atoms with Gasteiger partial charge >= 0.3 is 0 Å². The summed E-state index contributed by atoms with van der Waals surface area (Å²) in [5.74, 6) is 2.36. The minimum absolute atomic E-state index is 0. The van der Waals surface area contributed by atoms with Gasteiger partial charge in [0.1, 0.15) is 5.76 Å². The third kappa shape index (κ3) is 3.90. The third-order valence-electron chi connectivity index (χ3n) is 4.37. The maximum Gasteiger partial charge on any atom is 0.236 e. The van der Waals surface area contributed by atoms with Gasteiger partial charge in [0.25, 0.3) is 0 Å². The van der Waals surface area contributed by atoms with Crippen LogP contribution in [0.2, 0.25) is 0 Å². The molecule has 22 heavy (non-hydrogen) atoms. The zero-order valence-electron chi connectivity index (χ0n) is 13.1. The molecule has 2 aromatic rings. The van der Waals surface area contributed by atoms with Crippen LogP contribution >= 0.6 is 23.7 Å². The Bertz CT molecular complexity index is 574. The first-order chi connectivity index (χ1) is 10.1. The first kappa shape index (κ1) is 17.5. The van der Waals surface area contributed by atoms with Gasteiger partial charge in [-0.1, -0.05) is 6.07 Å². The number of rotatable bonds is 4. The van der Waals surface area contributed by atoms with Gasteiger partial charge in [-0.3, -0.25) is 4.90 Å². The van der Waals surface area contributed by atoms with Gasteiger partial charge < -0.3 is 10.2 Å². The van der Waals surface area contributed by atoms with Gasteiger partial charge in [0.2, 0.25) is 5.89 Å². The molecule has 6 heteroatoms. The Morgan fingerprint density at radius 2 is 2.18 bits per heavy atom. The Hall–Kier alpha value is -0.880. The Labute approximate surface area is 142 Å². The van der Waals surface area contributed by atoms with Crippen LogP contribution in [0.3, 0.4) is 0 Å². The van der Waals surface area contributed by atoms with E-state index < -0.39 is 0 Å². The summed E-state index contributed by atoms with van der Waals surface area (Å²) in [5, 5.41) is 2.05. The van der Waals surface area contributed by atoms with Crippen LogP contribution in [0, 0.1) is 12.8 Å². The molecular formula is C16H24ClN3OS. The number of oxazole rings is 1. The van der Waals surface area contributed by atoms with Crippen molar-refractivity contribution in [2.24, 2.45) is 11.7 Å². The molecule has 2 N–H and O–H groups in total. The van der Waals surface area contributed by atoms with Crippen LogP contribution in [0.25, 0.3) is 10.8 Å².